The number of aryl methyl sites for hydroxylation is 1. The van der Waals surface area contributed by atoms with Gasteiger partial charge in [-0.2, -0.15) is 0 Å². The molecule has 0 aromatic heterocycles. The van der Waals surface area contributed by atoms with Crippen LogP contribution in [-0.2, 0) is 11.3 Å². The molecule has 2 saturated carbocycles. The van der Waals surface area contributed by atoms with Gasteiger partial charge in [0.05, 0.1) is 5.92 Å². The van der Waals surface area contributed by atoms with E-state index in [4.69, 9.17) is 0 Å². The summed E-state index contributed by atoms with van der Waals surface area (Å²) < 4.78 is 13.3. The van der Waals surface area contributed by atoms with Crippen molar-refractivity contribution in [1.29, 1.82) is 0 Å². The number of halogens is 1. The molecule has 4 atom stereocenters. The molecule has 2 aliphatic carbocycles. The van der Waals surface area contributed by atoms with E-state index < -0.39 is 5.97 Å². The van der Waals surface area contributed by atoms with Gasteiger partial charge in [-0.1, -0.05) is 6.07 Å². The van der Waals surface area contributed by atoms with E-state index in [9.17, 15) is 14.3 Å². The Bertz CT molecular complexity index is 531. The normalized spacial score (nSPS) is 31.7. The van der Waals surface area contributed by atoms with Crippen molar-refractivity contribution >= 4 is 5.97 Å². The molecule has 2 bridgehead atoms. The average Bonchev–Trinajstić information content (AvgIpc) is 3.00. The molecule has 0 heterocycles. The lowest BCUT2D eigenvalue weighted by molar-refractivity contribution is -0.144. The Balaban J connectivity index is 1.71. The maximum atomic E-state index is 13.3. The van der Waals surface area contributed by atoms with Gasteiger partial charge < -0.3 is 10.4 Å². The molecule has 20 heavy (non-hydrogen) atoms. The standard InChI is InChI=1S/C16H20FNO2/c1-9-2-5-13(17)7-12(9)8-18-15-11-4-3-10(6-11)14(15)16(19)20/h2,5,7,10-11,14-15,18H,3-4,6,8H2,1H3,(H,19,20). The summed E-state index contributed by atoms with van der Waals surface area (Å²) in [5, 5.41) is 12.8. The molecule has 2 N–H and O–H groups in total. The van der Waals surface area contributed by atoms with Crippen LogP contribution in [0.5, 0.6) is 0 Å². The number of nitrogens with one attached hydrogen (secondary N) is 1. The van der Waals surface area contributed by atoms with Crippen molar-refractivity contribution in [1.82, 2.24) is 5.32 Å². The minimum atomic E-state index is -0.689. The van der Waals surface area contributed by atoms with Crippen LogP contribution < -0.4 is 5.32 Å². The van der Waals surface area contributed by atoms with Crippen molar-refractivity contribution in [2.24, 2.45) is 17.8 Å². The Morgan fingerprint density at radius 1 is 1.40 bits per heavy atom. The summed E-state index contributed by atoms with van der Waals surface area (Å²) in [6.07, 6.45) is 3.18. The smallest absolute Gasteiger partial charge is 0.308 e. The van der Waals surface area contributed by atoms with Crippen LogP contribution in [0.4, 0.5) is 4.39 Å². The monoisotopic (exact) mass is 277 g/mol. The molecule has 4 heteroatoms. The SMILES string of the molecule is Cc1ccc(F)cc1CNC1C2CCC(C2)C1C(=O)O. The van der Waals surface area contributed by atoms with Gasteiger partial charge in [-0.25, -0.2) is 4.39 Å². The largest absolute Gasteiger partial charge is 0.481 e. The van der Waals surface area contributed by atoms with Crippen molar-refractivity contribution in [2.75, 3.05) is 0 Å². The van der Waals surface area contributed by atoms with Crippen LogP contribution in [0, 0.1) is 30.5 Å². The number of carbonyl (C=O) groups is 1. The lowest BCUT2D eigenvalue weighted by atomic mass is 9.84. The number of hydrogen-bond acceptors (Lipinski definition) is 2. The van der Waals surface area contributed by atoms with Crippen LogP contribution in [0.2, 0.25) is 0 Å². The van der Waals surface area contributed by atoms with Crippen molar-refractivity contribution in [2.45, 2.75) is 38.8 Å². The van der Waals surface area contributed by atoms with E-state index in [1.54, 1.807) is 6.07 Å². The Labute approximate surface area is 118 Å². The Morgan fingerprint density at radius 3 is 2.90 bits per heavy atom. The fraction of sp³-hybridized carbons (Fsp3) is 0.562. The lowest BCUT2D eigenvalue weighted by Gasteiger charge is -2.29. The van der Waals surface area contributed by atoms with Crippen molar-refractivity contribution in [3.63, 3.8) is 0 Å². The second-order valence-corrected chi connectivity index (χ2v) is 6.17. The van der Waals surface area contributed by atoms with E-state index in [1.165, 1.54) is 12.1 Å². The number of rotatable bonds is 4. The van der Waals surface area contributed by atoms with Gasteiger partial charge >= 0.3 is 5.97 Å². The van der Waals surface area contributed by atoms with Gasteiger partial charge in [-0.3, -0.25) is 4.79 Å². The molecule has 1 aromatic carbocycles. The van der Waals surface area contributed by atoms with Gasteiger partial charge in [-0.05, 0) is 61.3 Å². The van der Waals surface area contributed by atoms with Crippen LogP contribution in [0.3, 0.4) is 0 Å². The van der Waals surface area contributed by atoms with Gasteiger partial charge in [0.25, 0.3) is 0 Å². The first-order valence-corrected chi connectivity index (χ1v) is 7.27. The summed E-state index contributed by atoms with van der Waals surface area (Å²) >= 11 is 0. The third-order valence-corrected chi connectivity index (χ3v) is 5.04. The average molecular weight is 277 g/mol. The molecule has 0 spiro atoms. The van der Waals surface area contributed by atoms with Gasteiger partial charge in [0, 0.05) is 12.6 Å². The van der Waals surface area contributed by atoms with Crippen molar-refractivity contribution < 1.29 is 14.3 Å². The number of hydrogen-bond donors (Lipinski definition) is 2. The number of carboxylic acid groups (broad SMARTS) is 1. The van der Waals surface area contributed by atoms with E-state index in [0.29, 0.717) is 18.4 Å². The van der Waals surface area contributed by atoms with Gasteiger partial charge in [0.15, 0.2) is 0 Å². The highest BCUT2D eigenvalue weighted by molar-refractivity contribution is 5.72. The van der Waals surface area contributed by atoms with E-state index >= 15 is 0 Å². The van der Waals surface area contributed by atoms with Crippen molar-refractivity contribution in [3.05, 3.63) is 35.1 Å². The quantitative estimate of drug-likeness (QED) is 0.889. The Hall–Kier alpha value is -1.42. The van der Waals surface area contributed by atoms with Gasteiger partial charge in [0.1, 0.15) is 5.82 Å². The Kier molecular flexibility index (Phi) is 3.50. The second kappa shape index (κ2) is 5.17. The molecule has 0 saturated heterocycles. The molecule has 0 amide bonds. The summed E-state index contributed by atoms with van der Waals surface area (Å²) in [6.45, 7) is 2.49. The summed E-state index contributed by atoms with van der Waals surface area (Å²) in [5.41, 5.74) is 1.95. The van der Waals surface area contributed by atoms with E-state index in [0.717, 1.165) is 30.4 Å². The van der Waals surface area contributed by atoms with Gasteiger partial charge in [-0.15, -0.1) is 0 Å². The molecule has 0 aliphatic heterocycles. The molecular weight excluding hydrogens is 257 g/mol. The van der Waals surface area contributed by atoms with Gasteiger partial charge in [0.2, 0.25) is 0 Å². The van der Waals surface area contributed by atoms with E-state index in [1.807, 2.05) is 6.92 Å². The zero-order valence-corrected chi connectivity index (χ0v) is 11.6. The first kappa shape index (κ1) is 13.6. The highest BCUT2D eigenvalue weighted by Crippen LogP contribution is 2.48. The summed E-state index contributed by atoms with van der Waals surface area (Å²) in [6, 6.07) is 4.79. The van der Waals surface area contributed by atoms with Crippen LogP contribution >= 0.6 is 0 Å². The van der Waals surface area contributed by atoms with Crippen LogP contribution in [-0.4, -0.2) is 17.1 Å². The maximum Gasteiger partial charge on any atom is 0.308 e. The highest BCUT2D eigenvalue weighted by atomic mass is 19.1. The van der Waals surface area contributed by atoms with Crippen LogP contribution in [0.1, 0.15) is 30.4 Å². The molecule has 0 radical (unpaired) electrons. The third-order valence-electron chi connectivity index (χ3n) is 5.04. The zero-order valence-electron chi connectivity index (χ0n) is 11.6. The summed E-state index contributed by atoms with van der Waals surface area (Å²) in [5.74, 6) is -0.415. The fourth-order valence-corrected chi connectivity index (χ4v) is 4.00. The zero-order chi connectivity index (χ0) is 14.3. The summed E-state index contributed by atoms with van der Waals surface area (Å²) in [4.78, 5) is 11.4. The minimum absolute atomic E-state index is 0.0360. The number of fused-ring (bicyclic) bond motifs is 2. The predicted molar refractivity (Wildman–Crippen MR) is 73.7 cm³/mol. The fourth-order valence-electron chi connectivity index (χ4n) is 4.00. The lowest BCUT2D eigenvalue weighted by Crippen LogP contribution is -2.43. The van der Waals surface area contributed by atoms with Crippen molar-refractivity contribution in [3.8, 4) is 0 Å². The minimum Gasteiger partial charge on any atom is -0.481 e. The molecule has 4 unspecified atom stereocenters. The molecule has 3 rings (SSSR count). The Morgan fingerprint density at radius 2 is 2.15 bits per heavy atom. The number of carboxylic acids is 1. The predicted octanol–water partition coefficient (Wildman–Crippen LogP) is 2.72. The van der Waals surface area contributed by atoms with E-state index in [-0.39, 0.29) is 17.8 Å². The first-order chi connectivity index (χ1) is 9.56. The molecule has 3 nitrogen and oxygen atoms in total. The molecule has 108 valence electrons. The molecular formula is C16H20FNO2. The third kappa shape index (κ3) is 2.33. The van der Waals surface area contributed by atoms with Crippen LogP contribution in [0.15, 0.2) is 18.2 Å². The maximum absolute atomic E-state index is 13.3. The topological polar surface area (TPSA) is 49.3 Å². The number of aliphatic carboxylic acids is 1. The molecule has 1 aromatic rings. The second-order valence-electron chi connectivity index (χ2n) is 6.17. The summed E-state index contributed by atoms with van der Waals surface area (Å²) in [7, 11) is 0. The number of benzene rings is 1. The first-order valence-electron chi connectivity index (χ1n) is 7.27. The molecule has 2 aliphatic rings. The highest BCUT2D eigenvalue weighted by Gasteiger charge is 2.50. The van der Waals surface area contributed by atoms with Crippen LogP contribution in [0.25, 0.3) is 0 Å². The van der Waals surface area contributed by atoms with E-state index in [2.05, 4.69) is 5.32 Å². The molecule has 2 fully saturated rings.